The first-order chi connectivity index (χ1) is 12.5. The Kier molecular flexibility index (Phi) is 5.81. The van der Waals surface area contributed by atoms with Crippen LogP contribution >= 0.6 is 23.2 Å². The van der Waals surface area contributed by atoms with Gasteiger partial charge < -0.3 is 14.0 Å². The third-order valence-electron chi connectivity index (χ3n) is 3.96. The first-order valence-corrected chi connectivity index (χ1v) is 8.88. The van der Waals surface area contributed by atoms with E-state index in [4.69, 9.17) is 32.7 Å². The Morgan fingerprint density at radius 1 is 1.19 bits per heavy atom. The maximum Gasteiger partial charge on any atom is 0.338 e. The Hall–Kier alpha value is -2.08. The maximum atomic E-state index is 12.1. The van der Waals surface area contributed by atoms with Crippen LogP contribution in [0, 0.1) is 0 Å². The predicted octanol–water partition coefficient (Wildman–Crippen LogP) is 4.71. The fraction of sp³-hybridized carbons (Fsp3) is 0.263. The average molecular weight is 393 g/mol. The lowest BCUT2D eigenvalue weighted by Gasteiger charge is -2.11. The van der Waals surface area contributed by atoms with E-state index in [2.05, 4.69) is 4.98 Å². The molecule has 0 unspecified atom stereocenters. The topological polar surface area (TPSA) is 53.4 Å². The molecule has 1 heterocycles. The molecular weight excluding hydrogens is 375 g/mol. The average Bonchev–Trinajstić information content (AvgIpc) is 2.94. The van der Waals surface area contributed by atoms with E-state index in [1.54, 1.807) is 44.4 Å². The number of esters is 1. The molecule has 0 N–H and O–H groups in total. The minimum absolute atomic E-state index is 0.325. The van der Waals surface area contributed by atoms with Crippen molar-refractivity contribution in [1.29, 1.82) is 0 Å². The van der Waals surface area contributed by atoms with Crippen LogP contribution < -0.4 is 0 Å². The Balaban J connectivity index is 2.08. The van der Waals surface area contributed by atoms with Gasteiger partial charge in [-0.25, -0.2) is 9.78 Å². The number of imidazole rings is 1. The normalized spacial score (nSPS) is 11.1. The van der Waals surface area contributed by atoms with Gasteiger partial charge in [0.05, 0.1) is 29.7 Å². The van der Waals surface area contributed by atoms with E-state index in [1.807, 2.05) is 10.6 Å². The number of aromatic nitrogens is 2. The highest BCUT2D eigenvalue weighted by Gasteiger charge is 2.15. The molecule has 0 bridgehead atoms. The minimum atomic E-state index is -0.361. The molecule has 0 atom stereocenters. The molecule has 7 heteroatoms. The van der Waals surface area contributed by atoms with Crippen molar-refractivity contribution in [2.24, 2.45) is 0 Å². The van der Waals surface area contributed by atoms with E-state index in [0.29, 0.717) is 35.4 Å². The second-order valence-corrected chi connectivity index (χ2v) is 6.55. The van der Waals surface area contributed by atoms with E-state index < -0.39 is 0 Å². The summed E-state index contributed by atoms with van der Waals surface area (Å²) in [5.74, 6) is 0.384. The number of carbonyl (C=O) groups is 1. The van der Waals surface area contributed by atoms with Gasteiger partial charge in [0.2, 0.25) is 0 Å². The van der Waals surface area contributed by atoms with Gasteiger partial charge in [0.25, 0.3) is 0 Å². The molecule has 0 fully saturated rings. The summed E-state index contributed by atoms with van der Waals surface area (Å²) in [4.78, 5) is 16.7. The molecular formula is C19H18Cl2N2O3. The SMILES string of the molecule is CCOC(=O)c1ccc2nc(COC)n(Cc3ccc(Cl)cc3Cl)c2c1. The molecule has 136 valence electrons. The number of hydrogen-bond donors (Lipinski definition) is 0. The predicted molar refractivity (Wildman–Crippen MR) is 102 cm³/mol. The van der Waals surface area contributed by atoms with Crippen molar-refractivity contribution in [1.82, 2.24) is 9.55 Å². The molecule has 0 spiro atoms. The first-order valence-electron chi connectivity index (χ1n) is 8.12. The number of fused-ring (bicyclic) bond motifs is 1. The van der Waals surface area contributed by atoms with Crippen LogP contribution in [0.2, 0.25) is 10.0 Å². The number of ether oxygens (including phenoxy) is 2. The quantitative estimate of drug-likeness (QED) is 0.569. The molecule has 0 radical (unpaired) electrons. The Bertz CT molecular complexity index is 953. The molecule has 1 aromatic heterocycles. The molecule has 3 aromatic rings. The Morgan fingerprint density at radius 3 is 2.69 bits per heavy atom. The summed E-state index contributed by atoms with van der Waals surface area (Å²) in [7, 11) is 1.61. The molecule has 2 aromatic carbocycles. The third-order valence-corrected chi connectivity index (χ3v) is 4.54. The largest absolute Gasteiger partial charge is 0.462 e. The summed E-state index contributed by atoms with van der Waals surface area (Å²) in [6.07, 6.45) is 0. The van der Waals surface area contributed by atoms with Crippen LogP contribution in [0.1, 0.15) is 28.7 Å². The second-order valence-electron chi connectivity index (χ2n) is 5.71. The maximum absolute atomic E-state index is 12.1. The molecule has 0 saturated heterocycles. The van der Waals surface area contributed by atoms with Crippen LogP contribution in [0.3, 0.4) is 0 Å². The van der Waals surface area contributed by atoms with Crippen molar-refractivity contribution < 1.29 is 14.3 Å². The smallest absolute Gasteiger partial charge is 0.338 e. The monoisotopic (exact) mass is 392 g/mol. The number of nitrogens with zero attached hydrogens (tertiary/aromatic N) is 2. The molecule has 5 nitrogen and oxygen atoms in total. The summed E-state index contributed by atoms with van der Waals surface area (Å²) in [6.45, 7) is 2.93. The zero-order valence-electron chi connectivity index (χ0n) is 14.5. The molecule has 3 rings (SSSR count). The molecule has 0 amide bonds. The second kappa shape index (κ2) is 8.08. The number of hydrogen-bond acceptors (Lipinski definition) is 4. The highest BCUT2D eigenvalue weighted by molar-refractivity contribution is 6.35. The van der Waals surface area contributed by atoms with Crippen molar-refractivity contribution in [3.63, 3.8) is 0 Å². The van der Waals surface area contributed by atoms with Crippen LogP contribution in [0.15, 0.2) is 36.4 Å². The van der Waals surface area contributed by atoms with Gasteiger partial charge in [-0.05, 0) is 42.8 Å². The highest BCUT2D eigenvalue weighted by atomic mass is 35.5. The van der Waals surface area contributed by atoms with Crippen LogP contribution in [0.25, 0.3) is 11.0 Å². The number of carbonyl (C=O) groups excluding carboxylic acids is 1. The minimum Gasteiger partial charge on any atom is -0.462 e. The van der Waals surface area contributed by atoms with Gasteiger partial charge in [-0.1, -0.05) is 29.3 Å². The zero-order chi connectivity index (χ0) is 18.7. The van der Waals surface area contributed by atoms with Gasteiger partial charge in [0, 0.05) is 17.2 Å². The summed E-state index contributed by atoms with van der Waals surface area (Å²) < 4.78 is 12.3. The van der Waals surface area contributed by atoms with Crippen molar-refractivity contribution >= 4 is 40.2 Å². The lowest BCUT2D eigenvalue weighted by atomic mass is 10.2. The molecule has 0 aliphatic carbocycles. The van der Waals surface area contributed by atoms with E-state index in [0.717, 1.165) is 22.4 Å². The van der Waals surface area contributed by atoms with Crippen molar-refractivity contribution in [2.75, 3.05) is 13.7 Å². The Labute approximate surface area is 161 Å². The van der Waals surface area contributed by atoms with Gasteiger partial charge in [0.1, 0.15) is 12.4 Å². The number of rotatable bonds is 6. The molecule has 26 heavy (non-hydrogen) atoms. The van der Waals surface area contributed by atoms with Crippen LogP contribution in [-0.4, -0.2) is 29.2 Å². The lowest BCUT2D eigenvalue weighted by molar-refractivity contribution is 0.0526. The van der Waals surface area contributed by atoms with Gasteiger partial charge in [-0.15, -0.1) is 0 Å². The standard InChI is InChI=1S/C19H18Cl2N2O3/c1-3-26-19(24)12-5-7-16-17(8-12)23(18(22-16)11-25-2)10-13-4-6-14(20)9-15(13)21/h4-9H,3,10-11H2,1-2H3. The summed E-state index contributed by atoms with van der Waals surface area (Å²) >= 11 is 12.3. The van der Waals surface area contributed by atoms with Crippen LogP contribution in [-0.2, 0) is 22.6 Å². The third kappa shape index (κ3) is 3.85. The summed E-state index contributed by atoms with van der Waals surface area (Å²) in [5.41, 5.74) is 2.96. The van der Waals surface area contributed by atoms with Gasteiger partial charge in [0.15, 0.2) is 0 Å². The van der Waals surface area contributed by atoms with E-state index in [1.165, 1.54) is 0 Å². The van der Waals surface area contributed by atoms with Gasteiger partial charge >= 0.3 is 5.97 Å². The number of halogens is 2. The fourth-order valence-electron chi connectivity index (χ4n) is 2.75. The van der Waals surface area contributed by atoms with E-state index >= 15 is 0 Å². The number of benzene rings is 2. The van der Waals surface area contributed by atoms with Gasteiger partial charge in [-0.3, -0.25) is 0 Å². The number of methoxy groups -OCH3 is 1. The van der Waals surface area contributed by atoms with E-state index in [-0.39, 0.29) is 5.97 Å². The van der Waals surface area contributed by atoms with Crippen LogP contribution in [0.4, 0.5) is 0 Å². The van der Waals surface area contributed by atoms with E-state index in [9.17, 15) is 4.79 Å². The van der Waals surface area contributed by atoms with Crippen molar-refractivity contribution in [2.45, 2.75) is 20.1 Å². The van der Waals surface area contributed by atoms with Gasteiger partial charge in [-0.2, -0.15) is 0 Å². The molecule has 0 aliphatic rings. The molecule has 0 aliphatic heterocycles. The van der Waals surface area contributed by atoms with Crippen molar-refractivity contribution in [3.8, 4) is 0 Å². The summed E-state index contributed by atoms with van der Waals surface area (Å²) in [5, 5.41) is 1.15. The fourth-order valence-corrected chi connectivity index (χ4v) is 3.22. The Morgan fingerprint density at radius 2 is 2.00 bits per heavy atom. The first kappa shape index (κ1) is 18.7. The molecule has 0 saturated carbocycles. The highest BCUT2D eigenvalue weighted by Crippen LogP contribution is 2.25. The van der Waals surface area contributed by atoms with Crippen molar-refractivity contribution in [3.05, 3.63) is 63.4 Å². The summed E-state index contributed by atoms with van der Waals surface area (Å²) in [6, 6.07) is 10.7. The lowest BCUT2D eigenvalue weighted by Crippen LogP contribution is -2.08. The zero-order valence-corrected chi connectivity index (χ0v) is 16.0. The van der Waals surface area contributed by atoms with Crippen LogP contribution in [0.5, 0.6) is 0 Å².